The lowest BCUT2D eigenvalue weighted by Crippen LogP contribution is -2.21. The van der Waals surface area contributed by atoms with Gasteiger partial charge in [0.2, 0.25) is 0 Å². The van der Waals surface area contributed by atoms with Crippen molar-refractivity contribution >= 4 is 22.9 Å². The number of hydrogen-bond acceptors (Lipinski definition) is 4. The van der Waals surface area contributed by atoms with Gasteiger partial charge in [0.25, 0.3) is 0 Å². The Morgan fingerprint density at radius 1 is 1.42 bits per heavy atom. The smallest absolute Gasteiger partial charge is 0.124 e. The molecule has 0 saturated heterocycles. The van der Waals surface area contributed by atoms with E-state index in [2.05, 4.69) is 21.7 Å². The molecule has 0 aliphatic carbocycles. The first-order chi connectivity index (χ1) is 9.11. The van der Waals surface area contributed by atoms with Crippen LogP contribution in [0.5, 0.6) is 5.75 Å². The predicted octanol–water partition coefficient (Wildman–Crippen LogP) is 2.68. The van der Waals surface area contributed by atoms with Gasteiger partial charge < -0.3 is 15.4 Å². The number of nitrogens with zero attached hydrogens (tertiary/aromatic N) is 1. The Morgan fingerprint density at radius 2 is 2.21 bits per heavy atom. The topological polar surface area (TPSA) is 62.3 Å². The number of amidine groups is 1. The zero-order chi connectivity index (χ0) is 13.8. The zero-order valence-electron chi connectivity index (χ0n) is 11.0. The standard InChI is InChI=1S/C14H17N3OS/c1-17(8-10-5-6-19-9-10)13-7-11(18-2)3-4-12(13)14(15)16/h3-7,9H,8H2,1-2H3,(H3,15,16). The number of methoxy groups -OCH3 is 1. The first kappa shape index (κ1) is 13.4. The van der Waals surface area contributed by atoms with Crippen LogP contribution in [-0.2, 0) is 6.54 Å². The van der Waals surface area contributed by atoms with Gasteiger partial charge in [0.05, 0.1) is 12.8 Å². The van der Waals surface area contributed by atoms with Crippen LogP contribution in [0.1, 0.15) is 11.1 Å². The molecule has 2 aromatic rings. The fourth-order valence-corrected chi connectivity index (χ4v) is 2.58. The van der Waals surface area contributed by atoms with Crippen LogP contribution in [0.15, 0.2) is 35.0 Å². The molecule has 0 fully saturated rings. The monoisotopic (exact) mass is 275 g/mol. The summed E-state index contributed by atoms with van der Waals surface area (Å²) >= 11 is 1.68. The number of nitrogens with one attached hydrogen (secondary N) is 1. The van der Waals surface area contributed by atoms with Crippen LogP contribution >= 0.6 is 11.3 Å². The average Bonchev–Trinajstić information content (AvgIpc) is 2.90. The Hall–Kier alpha value is -2.01. The summed E-state index contributed by atoms with van der Waals surface area (Å²) in [6.07, 6.45) is 0. The van der Waals surface area contributed by atoms with Crippen LogP contribution in [0.3, 0.4) is 0 Å². The number of thiophene rings is 1. The minimum absolute atomic E-state index is 0.0646. The van der Waals surface area contributed by atoms with Gasteiger partial charge in [-0.2, -0.15) is 11.3 Å². The van der Waals surface area contributed by atoms with Gasteiger partial charge in [0.15, 0.2) is 0 Å². The highest BCUT2D eigenvalue weighted by Crippen LogP contribution is 2.26. The number of rotatable bonds is 5. The molecular formula is C14H17N3OS. The number of ether oxygens (including phenoxy) is 1. The molecular weight excluding hydrogens is 258 g/mol. The SMILES string of the molecule is COc1ccc(C(=N)N)c(N(C)Cc2ccsc2)c1. The molecule has 0 aliphatic rings. The average molecular weight is 275 g/mol. The van der Waals surface area contributed by atoms with Crippen LogP contribution < -0.4 is 15.4 Å². The van der Waals surface area contributed by atoms with E-state index in [9.17, 15) is 0 Å². The van der Waals surface area contributed by atoms with Crippen LogP contribution in [0, 0.1) is 5.41 Å². The summed E-state index contributed by atoms with van der Waals surface area (Å²) in [6, 6.07) is 7.64. The summed E-state index contributed by atoms with van der Waals surface area (Å²) in [7, 11) is 3.62. The van der Waals surface area contributed by atoms with E-state index in [0.717, 1.165) is 23.5 Å². The van der Waals surface area contributed by atoms with E-state index in [4.69, 9.17) is 15.9 Å². The molecule has 2 rings (SSSR count). The fourth-order valence-electron chi connectivity index (χ4n) is 1.92. The number of hydrogen-bond donors (Lipinski definition) is 2. The fraction of sp³-hybridized carbons (Fsp3) is 0.214. The Labute approximate surface area is 116 Å². The maximum atomic E-state index is 7.66. The van der Waals surface area contributed by atoms with Crippen molar-refractivity contribution in [2.75, 3.05) is 19.1 Å². The van der Waals surface area contributed by atoms with Crippen molar-refractivity contribution < 1.29 is 4.74 Å². The van der Waals surface area contributed by atoms with Gasteiger partial charge in [-0.05, 0) is 34.5 Å². The van der Waals surface area contributed by atoms with E-state index in [-0.39, 0.29) is 5.84 Å². The number of nitrogen functional groups attached to an aromatic ring is 1. The number of anilines is 1. The van der Waals surface area contributed by atoms with E-state index in [1.165, 1.54) is 5.56 Å². The normalized spacial score (nSPS) is 10.2. The van der Waals surface area contributed by atoms with E-state index < -0.39 is 0 Å². The minimum Gasteiger partial charge on any atom is -0.497 e. The van der Waals surface area contributed by atoms with Gasteiger partial charge in [-0.3, -0.25) is 5.41 Å². The third-order valence-corrected chi connectivity index (χ3v) is 3.64. The Bertz CT molecular complexity index is 566. The lowest BCUT2D eigenvalue weighted by Gasteiger charge is -2.22. The maximum absolute atomic E-state index is 7.66. The summed E-state index contributed by atoms with van der Waals surface area (Å²) < 4.78 is 5.24. The molecule has 19 heavy (non-hydrogen) atoms. The van der Waals surface area contributed by atoms with E-state index in [1.54, 1.807) is 18.4 Å². The summed E-state index contributed by atoms with van der Waals surface area (Å²) in [5.41, 5.74) is 8.50. The molecule has 0 bridgehead atoms. The molecule has 0 unspecified atom stereocenters. The van der Waals surface area contributed by atoms with Crippen LogP contribution in [-0.4, -0.2) is 20.0 Å². The second-order valence-electron chi connectivity index (χ2n) is 4.28. The number of nitrogens with two attached hydrogens (primary N) is 1. The maximum Gasteiger partial charge on any atom is 0.124 e. The molecule has 0 radical (unpaired) electrons. The third kappa shape index (κ3) is 3.06. The van der Waals surface area contributed by atoms with Crippen molar-refractivity contribution in [3.63, 3.8) is 0 Å². The lowest BCUT2D eigenvalue weighted by atomic mass is 10.1. The molecule has 0 aliphatic heterocycles. The van der Waals surface area contributed by atoms with Crippen molar-refractivity contribution in [1.29, 1.82) is 5.41 Å². The molecule has 0 amide bonds. The van der Waals surface area contributed by atoms with E-state index >= 15 is 0 Å². The van der Waals surface area contributed by atoms with Crippen LogP contribution in [0.25, 0.3) is 0 Å². The summed E-state index contributed by atoms with van der Waals surface area (Å²) in [4.78, 5) is 2.07. The van der Waals surface area contributed by atoms with Crippen LogP contribution in [0.4, 0.5) is 5.69 Å². The molecule has 100 valence electrons. The third-order valence-electron chi connectivity index (χ3n) is 2.91. The molecule has 0 spiro atoms. The van der Waals surface area contributed by atoms with E-state index in [1.807, 2.05) is 25.2 Å². The van der Waals surface area contributed by atoms with Crippen molar-refractivity contribution in [1.82, 2.24) is 0 Å². The Balaban J connectivity index is 2.32. The molecule has 1 aromatic carbocycles. The van der Waals surface area contributed by atoms with Crippen LogP contribution in [0.2, 0.25) is 0 Å². The van der Waals surface area contributed by atoms with Gasteiger partial charge in [-0.25, -0.2) is 0 Å². The largest absolute Gasteiger partial charge is 0.497 e. The zero-order valence-corrected chi connectivity index (χ0v) is 11.8. The van der Waals surface area contributed by atoms with Gasteiger partial charge in [0, 0.05) is 25.2 Å². The highest BCUT2D eigenvalue weighted by Gasteiger charge is 2.12. The first-order valence-corrected chi connectivity index (χ1v) is 6.80. The van der Waals surface area contributed by atoms with E-state index in [0.29, 0.717) is 0 Å². The minimum atomic E-state index is 0.0646. The Kier molecular flexibility index (Phi) is 4.06. The second kappa shape index (κ2) is 5.75. The van der Waals surface area contributed by atoms with Gasteiger partial charge in [-0.15, -0.1) is 0 Å². The molecule has 0 saturated carbocycles. The van der Waals surface area contributed by atoms with Gasteiger partial charge >= 0.3 is 0 Å². The first-order valence-electron chi connectivity index (χ1n) is 5.86. The van der Waals surface area contributed by atoms with Crippen molar-refractivity contribution in [2.45, 2.75) is 6.54 Å². The highest BCUT2D eigenvalue weighted by molar-refractivity contribution is 7.07. The summed E-state index contributed by atoms with van der Waals surface area (Å²) in [5, 5.41) is 11.8. The summed E-state index contributed by atoms with van der Waals surface area (Å²) in [6.45, 7) is 0.775. The van der Waals surface area contributed by atoms with Crippen molar-refractivity contribution in [3.05, 3.63) is 46.2 Å². The highest BCUT2D eigenvalue weighted by atomic mass is 32.1. The van der Waals surface area contributed by atoms with Gasteiger partial charge in [-0.1, -0.05) is 0 Å². The molecule has 0 atom stereocenters. The molecule has 1 heterocycles. The summed E-state index contributed by atoms with van der Waals surface area (Å²) in [5.74, 6) is 0.826. The Morgan fingerprint density at radius 3 is 2.79 bits per heavy atom. The lowest BCUT2D eigenvalue weighted by molar-refractivity contribution is 0.415. The predicted molar refractivity (Wildman–Crippen MR) is 80.4 cm³/mol. The quantitative estimate of drug-likeness (QED) is 0.651. The van der Waals surface area contributed by atoms with Crippen molar-refractivity contribution in [2.24, 2.45) is 5.73 Å². The number of benzene rings is 1. The molecule has 5 heteroatoms. The van der Waals surface area contributed by atoms with Crippen molar-refractivity contribution in [3.8, 4) is 5.75 Å². The molecule has 4 nitrogen and oxygen atoms in total. The van der Waals surface area contributed by atoms with Gasteiger partial charge in [0.1, 0.15) is 11.6 Å². The second-order valence-corrected chi connectivity index (χ2v) is 5.06. The molecule has 1 aromatic heterocycles. The molecule has 3 N–H and O–H groups in total.